The Morgan fingerprint density at radius 3 is 2.35 bits per heavy atom. The van der Waals surface area contributed by atoms with Crippen LogP contribution in [0.4, 0.5) is 14.9 Å². The average molecular weight is 525 g/mol. The van der Waals surface area contributed by atoms with E-state index < -0.39 is 15.9 Å². The number of carbonyl (C=O) groups excluding carboxylic acids is 1. The highest BCUT2D eigenvalue weighted by atomic mass is 32.2. The number of amides is 2. The van der Waals surface area contributed by atoms with E-state index in [1.54, 1.807) is 47.4 Å². The molecule has 0 aliphatic carbocycles. The summed E-state index contributed by atoms with van der Waals surface area (Å²) < 4.78 is 54.2. The average Bonchev–Trinajstić information content (AvgIpc) is 3.39. The molecular weight excluding hydrogens is 499 g/mol. The number of nitrogens with zero attached hydrogens (tertiary/aromatic N) is 1. The van der Waals surface area contributed by atoms with Gasteiger partial charge in [0, 0.05) is 6.54 Å². The van der Waals surface area contributed by atoms with Crippen LogP contribution >= 0.6 is 0 Å². The molecule has 10 heteroatoms. The second kappa shape index (κ2) is 11.6. The van der Waals surface area contributed by atoms with Crippen molar-refractivity contribution < 1.29 is 30.9 Å². The van der Waals surface area contributed by atoms with Gasteiger partial charge < -0.3 is 23.6 Å². The summed E-state index contributed by atoms with van der Waals surface area (Å²) in [5.74, 6) is 0.687. The van der Waals surface area contributed by atoms with E-state index in [0.717, 1.165) is 29.8 Å². The molecule has 0 fully saturated rings. The molecule has 0 aliphatic rings. The highest BCUT2D eigenvalue weighted by Crippen LogP contribution is 2.25. The summed E-state index contributed by atoms with van der Waals surface area (Å²) in [6.45, 7) is 2.72. The highest BCUT2D eigenvalue weighted by molar-refractivity contribution is 7.87. The van der Waals surface area contributed by atoms with Gasteiger partial charge in [-0.15, -0.1) is 0 Å². The number of para-hydroxylation sites is 2. The van der Waals surface area contributed by atoms with Crippen LogP contribution < -0.4 is 14.2 Å². The number of ether oxygens (including phenoxy) is 1. The molecule has 0 saturated heterocycles. The first-order valence-corrected chi connectivity index (χ1v) is 12.8. The number of carbonyl (C=O) groups is 1. The molecule has 3 aromatic carbocycles. The molecule has 2 amide bonds. The van der Waals surface area contributed by atoms with Crippen molar-refractivity contribution in [3.05, 3.63) is 108 Å². The number of halogens is 1. The van der Waals surface area contributed by atoms with Crippen molar-refractivity contribution >= 4 is 21.8 Å². The Labute approximate surface area is 214 Å². The predicted molar refractivity (Wildman–Crippen MR) is 135 cm³/mol. The van der Waals surface area contributed by atoms with Gasteiger partial charge in [0.15, 0.2) is 0 Å². The maximum atomic E-state index is 13.2. The summed E-state index contributed by atoms with van der Waals surface area (Å²) in [6.07, 6.45) is 1.53. The zero-order valence-corrected chi connectivity index (χ0v) is 20.8. The third-order valence-electron chi connectivity index (χ3n) is 5.25. The Morgan fingerprint density at radius 1 is 0.946 bits per heavy atom. The van der Waals surface area contributed by atoms with E-state index in [1.807, 2.05) is 13.0 Å². The Kier molecular flexibility index (Phi) is 8.09. The summed E-state index contributed by atoms with van der Waals surface area (Å²) in [6, 6.07) is 20.9. The second-order valence-corrected chi connectivity index (χ2v) is 9.48. The van der Waals surface area contributed by atoms with Crippen LogP contribution in [0.3, 0.4) is 0 Å². The van der Waals surface area contributed by atoms with E-state index >= 15 is 0 Å². The molecule has 1 N–H and O–H groups in total. The lowest BCUT2D eigenvalue weighted by Crippen LogP contribution is -2.34. The number of benzene rings is 3. The molecule has 1 heterocycles. The normalized spacial score (nSPS) is 11.1. The predicted octanol–water partition coefficient (Wildman–Crippen LogP) is 5.82. The number of rotatable bonds is 10. The third kappa shape index (κ3) is 6.89. The van der Waals surface area contributed by atoms with Crippen molar-refractivity contribution in [2.45, 2.75) is 24.9 Å². The Balaban J connectivity index is 1.49. The van der Waals surface area contributed by atoms with Gasteiger partial charge in [-0.3, -0.25) is 0 Å². The number of anilines is 1. The zero-order chi connectivity index (χ0) is 26.3. The van der Waals surface area contributed by atoms with Gasteiger partial charge in [0.05, 0.1) is 25.1 Å². The topological polar surface area (TPSA) is 98.1 Å². The van der Waals surface area contributed by atoms with Gasteiger partial charge in [0.1, 0.15) is 28.0 Å². The lowest BCUT2D eigenvalue weighted by molar-refractivity contribution is 0.201. The van der Waals surface area contributed by atoms with E-state index in [2.05, 4.69) is 5.32 Å². The van der Waals surface area contributed by atoms with Crippen molar-refractivity contribution in [3.63, 3.8) is 0 Å². The van der Waals surface area contributed by atoms with E-state index in [1.165, 1.54) is 18.4 Å². The molecule has 192 valence electrons. The number of urea groups is 1. The van der Waals surface area contributed by atoms with Crippen LogP contribution in [0.1, 0.15) is 18.2 Å². The van der Waals surface area contributed by atoms with Crippen LogP contribution in [0, 0.1) is 5.82 Å². The quantitative estimate of drug-likeness (QED) is 0.263. The standard InChI is InChI=1S/C27H25FN2O6S/c1-2-34-26-8-4-3-7-25(26)29-27(31)30(19-23-6-5-17-35-23)18-20-9-13-22(14-10-20)36-37(32,33)24-15-11-21(28)12-16-24/h3-17H,2,18-19H2,1H3,(H,29,31). The number of nitrogens with one attached hydrogen (secondary N) is 1. The molecule has 0 unspecified atom stereocenters. The van der Waals surface area contributed by atoms with Crippen molar-refractivity contribution in [2.75, 3.05) is 11.9 Å². The lowest BCUT2D eigenvalue weighted by atomic mass is 10.2. The first-order chi connectivity index (χ1) is 17.8. The van der Waals surface area contributed by atoms with Crippen molar-refractivity contribution in [1.82, 2.24) is 4.90 Å². The molecule has 1 aromatic heterocycles. The Morgan fingerprint density at radius 2 is 1.68 bits per heavy atom. The van der Waals surface area contributed by atoms with Gasteiger partial charge in [-0.1, -0.05) is 24.3 Å². The lowest BCUT2D eigenvalue weighted by Gasteiger charge is -2.23. The molecule has 0 saturated carbocycles. The van der Waals surface area contributed by atoms with Crippen LogP contribution in [-0.4, -0.2) is 26.0 Å². The minimum Gasteiger partial charge on any atom is -0.492 e. The van der Waals surface area contributed by atoms with E-state index in [0.29, 0.717) is 23.8 Å². The molecule has 4 rings (SSSR count). The summed E-state index contributed by atoms with van der Waals surface area (Å²) in [4.78, 5) is 14.6. The van der Waals surface area contributed by atoms with Crippen molar-refractivity contribution in [2.24, 2.45) is 0 Å². The summed E-state index contributed by atoms with van der Waals surface area (Å²) >= 11 is 0. The molecule has 8 nitrogen and oxygen atoms in total. The Bertz CT molecular complexity index is 1420. The first kappa shape index (κ1) is 25.8. The molecule has 4 aromatic rings. The number of hydrogen-bond donors (Lipinski definition) is 1. The van der Waals surface area contributed by atoms with Gasteiger partial charge >= 0.3 is 16.1 Å². The third-order valence-corrected chi connectivity index (χ3v) is 6.51. The van der Waals surface area contributed by atoms with E-state index in [-0.39, 0.29) is 29.8 Å². The molecule has 0 radical (unpaired) electrons. The maximum Gasteiger partial charge on any atom is 0.339 e. The van der Waals surface area contributed by atoms with Crippen LogP contribution in [0.15, 0.2) is 101 Å². The van der Waals surface area contributed by atoms with Crippen LogP contribution in [0.5, 0.6) is 11.5 Å². The maximum absolute atomic E-state index is 13.2. The summed E-state index contributed by atoms with van der Waals surface area (Å²) in [7, 11) is -4.12. The van der Waals surface area contributed by atoms with Crippen LogP contribution in [0.2, 0.25) is 0 Å². The minimum atomic E-state index is -4.12. The highest BCUT2D eigenvalue weighted by Gasteiger charge is 2.19. The molecule has 37 heavy (non-hydrogen) atoms. The molecule has 0 bridgehead atoms. The monoisotopic (exact) mass is 524 g/mol. The smallest absolute Gasteiger partial charge is 0.339 e. The molecule has 0 spiro atoms. The van der Waals surface area contributed by atoms with Gasteiger partial charge in [0.25, 0.3) is 0 Å². The summed E-state index contributed by atoms with van der Waals surface area (Å²) in [5.41, 5.74) is 1.26. The number of hydrogen-bond acceptors (Lipinski definition) is 6. The molecule has 0 aliphatic heterocycles. The Hall–Kier alpha value is -4.31. The van der Waals surface area contributed by atoms with Gasteiger partial charge in [-0.05, 0) is 73.2 Å². The summed E-state index contributed by atoms with van der Waals surface area (Å²) in [5, 5.41) is 2.88. The second-order valence-electron chi connectivity index (χ2n) is 7.93. The van der Waals surface area contributed by atoms with Gasteiger partial charge in [0.2, 0.25) is 0 Å². The molecule has 0 atom stereocenters. The molecular formula is C27H25FN2O6S. The number of furan rings is 1. The van der Waals surface area contributed by atoms with Crippen LogP contribution in [0.25, 0.3) is 0 Å². The van der Waals surface area contributed by atoms with Crippen LogP contribution in [-0.2, 0) is 23.2 Å². The zero-order valence-electron chi connectivity index (χ0n) is 20.0. The van der Waals surface area contributed by atoms with E-state index in [4.69, 9.17) is 13.3 Å². The largest absolute Gasteiger partial charge is 0.492 e. The van der Waals surface area contributed by atoms with Crippen molar-refractivity contribution in [3.8, 4) is 11.5 Å². The SMILES string of the molecule is CCOc1ccccc1NC(=O)N(Cc1ccc(OS(=O)(=O)c2ccc(F)cc2)cc1)Cc1ccco1. The fourth-order valence-electron chi connectivity index (χ4n) is 3.48. The van der Waals surface area contributed by atoms with Gasteiger partial charge in [-0.25, -0.2) is 9.18 Å². The fourth-order valence-corrected chi connectivity index (χ4v) is 4.41. The minimum absolute atomic E-state index is 0.0840. The van der Waals surface area contributed by atoms with Gasteiger partial charge in [-0.2, -0.15) is 8.42 Å². The van der Waals surface area contributed by atoms with Crippen molar-refractivity contribution in [1.29, 1.82) is 0 Å². The first-order valence-electron chi connectivity index (χ1n) is 11.4. The van der Waals surface area contributed by atoms with E-state index in [9.17, 15) is 17.6 Å². The fraction of sp³-hybridized carbons (Fsp3) is 0.148.